The van der Waals surface area contributed by atoms with Crippen molar-refractivity contribution in [3.8, 4) is 11.1 Å². The SMILES string of the molecule is CC(=O)OSC[C@H](NC(=O)OCC1c2ccccc2-c2ccccc21)C(=O)O. The number of carboxylic acids is 1. The van der Waals surface area contributed by atoms with E-state index in [1.165, 1.54) is 6.92 Å². The number of hydrogen-bond acceptors (Lipinski definition) is 6. The molecule has 1 aliphatic carbocycles. The van der Waals surface area contributed by atoms with E-state index in [-0.39, 0.29) is 18.3 Å². The third-order valence-corrected chi connectivity index (χ3v) is 5.17. The Morgan fingerprint density at radius 2 is 1.64 bits per heavy atom. The highest BCUT2D eigenvalue weighted by Gasteiger charge is 2.29. The number of benzene rings is 2. The molecule has 1 amide bonds. The van der Waals surface area contributed by atoms with Crippen LogP contribution in [0.3, 0.4) is 0 Å². The molecule has 0 fully saturated rings. The Morgan fingerprint density at radius 3 is 2.18 bits per heavy atom. The highest BCUT2D eigenvalue weighted by molar-refractivity contribution is 7.95. The van der Waals surface area contributed by atoms with Gasteiger partial charge in [0.1, 0.15) is 12.6 Å². The third-order valence-electron chi connectivity index (χ3n) is 4.34. The predicted molar refractivity (Wildman–Crippen MR) is 104 cm³/mol. The van der Waals surface area contributed by atoms with Crippen LogP contribution in [-0.4, -0.2) is 41.5 Å². The molecule has 0 saturated carbocycles. The van der Waals surface area contributed by atoms with Gasteiger partial charge in [-0.3, -0.25) is 4.79 Å². The van der Waals surface area contributed by atoms with Crippen LogP contribution in [0.4, 0.5) is 4.79 Å². The van der Waals surface area contributed by atoms with Gasteiger partial charge in [0.2, 0.25) is 0 Å². The lowest BCUT2D eigenvalue weighted by atomic mass is 9.98. The van der Waals surface area contributed by atoms with Crippen LogP contribution in [0.2, 0.25) is 0 Å². The highest BCUT2D eigenvalue weighted by Crippen LogP contribution is 2.44. The lowest BCUT2D eigenvalue weighted by Gasteiger charge is -2.17. The molecule has 0 bridgehead atoms. The summed E-state index contributed by atoms with van der Waals surface area (Å²) >= 11 is 0.664. The molecule has 3 rings (SSSR count). The number of nitrogens with one attached hydrogen (secondary N) is 1. The zero-order valence-corrected chi connectivity index (χ0v) is 15.9. The summed E-state index contributed by atoms with van der Waals surface area (Å²) in [5.74, 6) is -2.03. The van der Waals surface area contributed by atoms with Crippen molar-refractivity contribution in [3.63, 3.8) is 0 Å². The highest BCUT2D eigenvalue weighted by atomic mass is 32.2. The lowest BCUT2D eigenvalue weighted by Crippen LogP contribution is -2.43. The van der Waals surface area contributed by atoms with Crippen LogP contribution in [0.15, 0.2) is 48.5 Å². The average Bonchev–Trinajstić information content (AvgIpc) is 2.99. The molecule has 2 aromatic rings. The van der Waals surface area contributed by atoms with Gasteiger partial charge in [-0.25, -0.2) is 9.59 Å². The summed E-state index contributed by atoms with van der Waals surface area (Å²) in [5, 5.41) is 11.5. The summed E-state index contributed by atoms with van der Waals surface area (Å²) in [6.45, 7) is 1.30. The van der Waals surface area contributed by atoms with Crippen LogP contribution in [0, 0.1) is 0 Å². The van der Waals surface area contributed by atoms with E-state index in [4.69, 9.17) is 4.74 Å². The van der Waals surface area contributed by atoms with Crippen molar-refractivity contribution in [2.45, 2.75) is 18.9 Å². The van der Waals surface area contributed by atoms with Crippen LogP contribution in [-0.2, 0) is 18.5 Å². The fraction of sp³-hybridized carbons (Fsp3) is 0.250. The molecule has 146 valence electrons. The number of rotatable bonds is 7. The number of amides is 1. The summed E-state index contributed by atoms with van der Waals surface area (Å²) in [7, 11) is 0. The minimum absolute atomic E-state index is 0.0866. The van der Waals surface area contributed by atoms with Gasteiger partial charge in [0.25, 0.3) is 0 Å². The number of carbonyl (C=O) groups excluding carboxylic acids is 2. The number of carbonyl (C=O) groups is 3. The van der Waals surface area contributed by atoms with Gasteiger partial charge in [0.15, 0.2) is 0 Å². The average molecular weight is 401 g/mol. The molecule has 0 spiro atoms. The molecule has 7 nitrogen and oxygen atoms in total. The van der Waals surface area contributed by atoms with Crippen molar-refractivity contribution >= 4 is 30.1 Å². The molecule has 0 radical (unpaired) electrons. The van der Waals surface area contributed by atoms with E-state index < -0.39 is 24.1 Å². The first kappa shape index (κ1) is 19.8. The van der Waals surface area contributed by atoms with Crippen molar-refractivity contribution in [1.29, 1.82) is 0 Å². The Balaban J connectivity index is 1.62. The summed E-state index contributed by atoms with van der Waals surface area (Å²) in [4.78, 5) is 34.2. The number of ether oxygens (including phenoxy) is 1. The van der Waals surface area contributed by atoms with Crippen molar-refractivity contribution in [2.24, 2.45) is 0 Å². The van der Waals surface area contributed by atoms with Crippen molar-refractivity contribution in [1.82, 2.24) is 5.32 Å². The Bertz CT molecular complexity index is 854. The van der Waals surface area contributed by atoms with Crippen LogP contribution in [0.5, 0.6) is 0 Å². The standard InChI is InChI=1S/C20H19NO6S/c1-12(22)27-28-11-18(19(23)24)21-20(25)26-10-17-15-8-4-2-6-13(15)14-7-3-5-9-16(14)17/h2-9,17-18H,10-11H2,1H3,(H,21,25)(H,23,24)/t18-/m0/s1. The van der Waals surface area contributed by atoms with Gasteiger partial charge in [-0.2, -0.15) is 0 Å². The molecular weight excluding hydrogens is 382 g/mol. The van der Waals surface area contributed by atoms with E-state index >= 15 is 0 Å². The Morgan fingerprint density at radius 1 is 1.07 bits per heavy atom. The minimum Gasteiger partial charge on any atom is -0.480 e. The largest absolute Gasteiger partial charge is 0.480 e. The predicted octanol–water partition coefficient (Wildman–Crippen LogP) is 3.19. The van der Waals surface area contributed by atoms with Gasteiger partial charge in [-0.1, -0.05) is 48.5 Å². The zero-order chi connectivity index (χ0) is 20.1. The molecule has 8 heteroatoms. The second-order valence-corrected chi connectivity index (χ2v) is 6.96. The van der Waals surface area contributed by atoms with E-state index in [9.17, 15) is 19.5 Å². The topological polar surface area (TPSA) is 102 Å². The molecule has 28 heavy (non-hydrogen) atoms. The van der Waals surface area contributed by atoms with Crippen molar-refractivity contribution < 1.29 is 28.4 Å². The normalized spacial score (nSPS) is 13.2. The van der Waals surface area contributed by atoms with E-state index in [0.29, 0.717) is 12.0 Å². The zero-order valence-electron chi connectivity index (χ0n) is 15.1. The fourth-order valence-electron chi connectivity index (χ4n) is 3.14. The molecule has 0 unspecified atom stereocenters. The maximum atomic E-state index is 12.1. The van der Waals surface area contributed by atoms with Crippen LogP contribution in [0.25, 0.3) is 11.1 Å². The van der Waals surface area contributed by atoms with Crippen molar-refractivity contribution in [2.75, 3.05) is 12.4 Å². The quantitative estimate of drug-likeness (QED) is 0.687. The molecule has 0 aliphatic heterocycles. The third kappa shape index (κ3) is 4.45. The second-order valence-electron chi connectivity index (χ2n) is 6.22. The Labute approximate surface area is 166 Å². The van der Waals surface area contributed by atoms with Crippen LogP contribution >= 0.6 is 12.0 Å². The number of carboxylic acid groups (broad SMARTS) is 1. The summed E-state index contributed by atoms with van der Waals surface area (Å²) in [6, 6.07) is 14.6. The molecule has 0 saturated heterocycles. The molecule has 0 heterocycles. The van der Waals surface area contributed by atoms with E-state index in [1.54, 1.807) is 0 Å². The second kappa shape index (κ2) is 8.79. The minimum atomic E-state index is -1.24. The van der Waals surface area contributed by atoms with E-state index in [0.717, 1.165) is 22.3 Å². The molecule has 1 aliphatic rings. The van der Waals surface area contributed by atoms with E-state index in [1.807, 2.05) is 48.5 Å². The molecule has 0 aromatic heterocycles. The maximum Gasteiger partial charge on any atom is 0.407 e. The molecule has 1 atom stereocenters. The number of fused-ring (bicyclic) bond motifs is 3. The molecule has 2 N–H and O–H groups in total. The number of aliphatic carboxylic acids is 1. The monoisotopic (exact) mass is 401 g/mol. The lowest BCUT2D eigenvalue weighted by molar-refractivity contribution is -0.139. The fourth-order valence-corrected chi connectivity index (χ4v) is 3.74. The van der Waals surface area contributed by atoms with Gasteiger partial charge in [0.05, 0.1) is 17.8 Å². The Hall–Kier alpha value is -3.00. The van der Waals surface area contributed by atoms with Gasteiger partial charge in [0, 0.05) is 12.8 Å². The summed E-state index contributed by atoms with van der Waals surface area (Å²) in [6.07, 6.45) is -0.835. The maximum absolute atomic E-state index is 12.1. The number of hydrogen-bond donors (Lipinski definition) is 2. The first-order valence-corrected chi connectivity index (χ1v) is 9.52. The van der Waals surface area contributed by atoms with Crippen LogP contribution in [0.1, 0.15) is 24.0 Å². The van der Waals surface area contributed by atoms with Gasteiger partial charge < -0.3 is 19.3 Å². The molecular formula is C20H19NO6S. The summed E-state index contributed by atoms with van der Waals surface area (Å²) < 4.78 is 9.96. The summed E-state index contributed by atoms with van der Waals surface area (Å²) in [5.41, 5.74) is 4.34. The van der Waals surface area contributed by atoms with Gasteiger partial charge >= 0.3 is 18.0 Å². The number of alkyl carbamates (subject to hydrolysis) is 1. The van der Waals surface area contributed by atoms with Crippen molar-refractivity contribution in [3.05, 3.63) is 59.7 Å². The smallest absolute Gasteiger partial charge is 0.407 e. The molecule has 2 aromatic carbocycles. The first-order chi connectivity index (χ1) is 13.5. The Kier molecular flexibility index (Phi) is 6.20. The van der Waals surface area contributed by atoms with Gasteiger partial charge in [-0.05, 0) is 22.3 Å². The van der Waals surface area contributed by atoms with Gasteiger partial charge in [-0.15, -0.1) is 0 Å². The van der Waals surface area contributed by atoms with Crippen LogP contribution < -0.4 is 5.32 Å². The van der Waals surface area contributed by atoms with E-state index in [2.05, 4.69) is 9.50 Å². The first-order valence-electron chi connectivity index (χ1n) is 8.61.